The molecule has 1 N–H and O–H groups in total. The van der Waals surface area contributed by atoms with Gasteiger partial charge in [-0.15, -0.1) is 0 Å². The molecule has 4 aliphatic carbocycles. The summed E-state index contributed by atoms with van der Waals surface area (Å²) in [5, 5.41) is 3.26. The molecule has 0 aliphatic heterocycles. The van der Waals surface area contributed by atoms with E-state index in [-0.39, 0.29) is 11.4 Å². The third-order valence-electron chi connectivity index (χ3n) is 5.78. The Morgan fingerprint density at radius 2 is 1.86 bits per heavy atom. The van der Waals surface area contributed by atoms with Gasteiger partial charge < -0.3 is 5.32 Å². The summed E-state index contributed by atoms with van der Waals surface area (Å²) < 4.78 is 0. The van der Waals surface area contributed by atoms with Crippen LogP contribution in [0.4, 0.5) is 0 Å². The largest absolute Gasteiger partial charge is 0.351 e. The summed E-state index contributed by atoms with van der Waals surface area (Å²) in [6, 6.07) is 0. The van der Waals surface area contributed by atoms with Crippen LogP contribution in [0.1, 0.15) is 39.0 Å². The summed E-state index contributed by atoms with van der Waals surface area (Å²) in [5.41, 5.74) is 0.981. The number of hydrogen-bond acceptors (Lipinski definition) is 1. The molecule has 1 spiro atoms. The second kappa shape index (κ2) is 1.89. The van der Waals surface area contributed by atoms with Crippen molar-refractivity contribution in [3.05, 3.63) is 0 Å². The first-order chi connectivity index (χ1) is 6.65. The van der Waals surface area contributed by atoms with Crippen molar-refractivity contribution in [2.45, 2.75) is 44.6 Å². The van der Waals surface area contributed by atoms with Gasteiger partial charge >= 0.3 is 0 Å². The highest BCUT2D eigenvalue weighted by Gasteiger charge is 2.77. The van der Waals surface area contributed by atoms with E-state index < -0.39 is 0 Å². The maximum absolute atomic E-state index is 11.2. The van der Waals surface area contributed by atoms with E-state index >= 15 is 0 Å². The molecule has 14 heavy (non-hydrogen) atoms. The molecule has 0 aromatic rings. The van der Waals surface area contributed by atoms with Crippen LogP contribution in [0.5, 0.6) is 0 Å². The zero-order valence-corrected chi connectivity index (χ0v) is 8.68. The molecule has 0 saturated heterocycles. The van der Waals surface area contributed by atoms with E-state index in [1.54, 1.807) is 6.92 Å². The van der Waals surface area contributed by atoms with Crippen molar-refractivity contribution >= 4 is 5.91 Å². The first-order valence-corrected chi connectivity index (χ1v) is 5.93. The van der Waals surface area contributed by atoms with Gasteiger partial charge in [0.05, 0.1) is 0 Å². The van der Waals surface area contributed by atoms with E-state index in [0.29, 0.717) is 0 Å². The first-order valence-electron chi connectivity index (χ1n) is 5.93. The van der Waals surface area contributed by atoms with Crippen molar-refractivity contribution in [2.24, 2.45) is 23.2 Å². The van der Waals surface area contributed by atoms with Crippen LogP contribution in [0.15, 0.2) is 0 Å². The molecule has 2 nitrogen and oxygen atoms in total. The highest BCUT2D eigenvalue weighted by atomic mass is 16.1. The van der Waals surface area contributed by atoms with E-state index in [0.717, 1.165) is 23.2 Å². The lowest BCUT2D eigenvalue weighted by molar-refractivity contribution is -0.176. The smallest absolute Gasteiger partial charge is 0.217 e. The maximum atomic E-state index is 11.2. The molecule has 2 heteroatoms. The Hall–Kier alpha value is -0.530. The quantitative estimate of drug-likeness (QED) is 0.671. The Morgan fingerprint density at radius 1 is 1.21 bits per heavy atom. The Kier molecular flexibility index (Phi) is 1.04. The second-order valence-corrected chi connectivity index (χ2v) is 6.22. The highest BCUT2D eigenvalue weighted by molar-refractivity contribution is 5.74. The maximum Gasteiger partial charge on any atom is 0.217 e. The third-order valence-corrected chi connectivity index (χ3v) is 5.78. The number of carbonyl (C=O) groups excluding carboxylic acids is 1. The van der Waals surface area contributed by atoms with Crippen molar-refractivity contribution < 1.29 is 4.79 Å². The summed E-state index contributed by atoms with van der Waals surface area (Å²) in [7, 11) is 0. The van der Waals surface area contributed by atoms with Gasteiger partial charge in [-0.1, -0.05) is 0 Å². The van der Waals surface area contributed by atoms with Gasteiger partial charge in [0.25, 0.3) is 0 Å². The average molecular weight is 191 g/mol. The van der Waals surface area contributed by atoms with Gasteiger partial charge in [0.15, 0.2) is 0 Å². The van der Waals surface area contributed by atoms with Gasteiger partial charge in [0.2, 0.25) is 5.91 Å². The monoisotopic (exact) mass is 191 g/mol. The molecule has 4 aliphatic rings. The van der Waals surface area contributed by atoms with E-state index in [1.807, 2.05) is 0 Å². The molecule has 0 radical (unpaired) electrons. The van der Waals surface area contributed by atoms with Crippen LogP contribution < -0.4 is 5.32 Å². The van der Waals surface area contributed by atoms with Gasteiger partial charge in [-0.3, -0.25) is 4.79 Å². The molecule has 4 saturated carbocycles. The fourth-order valence-corrected chi connectivity index (χ4v) is 5.60. The molecule has 4 rings (SSSR count). The predicted molar refractivity (Wildman–Crippen MR) is 52.5 cm³/mol. The van der Waals surface area contributed by atoms with Gasteiger partial charge in [-0.05, 0) is 55.3 Å². The number of fused-ring (bicyclic) bond motifs is 1. The topological polar surface area (TPSA) is 29.1 Å². The van der Waals surface area contributed by atoms with Crippen LogP contribution in [0.3, 0.4) is 0 Å². The molecule has 4 fully saturated rings. The number of rotatable bonds is 1. The summed E-state index contributed by atoms with van der Waals surface area (Å²) in [4.78, 5) is 11.2. The van der Waals surface area contributed by atoms with Crippen molar-refractivity contribution in [2.75, 3.05) is 0 Å². The molecule has 1 amide bonds. The summed E-state index contributed by atoms with van der Waals surface area (Å²) in [6.07, 6.45) is 6.84. The van der Waals surface area contributed by atoms with Crippen molar-refractivity contribution in [3.63, 3.8) is 0 Å². The standard InChI is InChI=1S/C12H17NO/c1-7(14)13-11-4-9-2-8-3-10(5-11)12(8,9)6-11/h8-10H,2-6H2,1H3,(H,13,14). The second-order valence-electron chi connectivity index (χ2n) is 6.22. The Bertz CT molecular complexity index is 319. The molecule has 76 valence electrons. The number of amides is 1. The van der Waals surface area contributed by atoms with E-state index in [1.165, 1.54) is 32.1 Å². The van der Waals surface area contributed by atoms with Crippen molar-refractivity contribution in [3.8, 4) is 0 Å². The molecule has 2 bridgehead atoms. The third kappa shape index (κ3) is 0.582. The lowest BCUT2D eigenvalue weighted by Gasteiger charge is -2.66. The van der Waals surface area contributed by atoms with Crippen LogP contribution in [-0.4, -0.2) is 11.4 Å². The lowest BCUT2D eigenvalue weighted by Crippen LogP contribution is -2.60. The first kappa shape index (κ1) is 7.72. The minimum Gasteiger partial charge on any atom is -0.351 e. The Morgan fingerprint density at radius 3 is 2.29 bits per heavy atom. The fraction of sp³-hybridized carbons (Fsp3) is 0.917. The van der Waals surface area contributed by atoms with Crippen LogP contribution in [0.2, 0.25) is 0 Å². The average Bonchev–Trinajstić information content (AvgIpc) is 2.48. The molecule has 0 heterocycles. The minimum atomic E-state index is 0.181. The molecule has 2 atom stereocenters. The van der Waals surface area contributed by atoms with Gasteiger partial charge in [0.1, 0.15) is 0 Å². The van der Waals surface area contributed by atoms with E-state index in [4.69, 9.17) is 0 Å². The number of nitrogens with one attached hydrogen (secondary N) is 1. The Balaban J connectivity index is 1.69. The minimum absolute atomic E-state index is 0.181. The fourth-order valence-electron chi connectivity index (χ4n) is 5.60. The van der Waals surface area contributed by atoms with Crippen LogP contribution in [0, 0.1) is 23.2 Å². The van der Waals surface area contributed by atoms with E-state index in [9.17, 15) is 4.79 Å². The summed E-state index contributed by atoms with van der Waals surface area (Å²) in [6.45, 7) is 1.67. The lowest BCUT2D eigenvalue weighted by atomic mass is 9.38. The highest BCUT2D eigenvalue weighted by Crippen LogP contribution is 2.82. The van der Waals surface area contributed by atoms with Crippen LogP contribution >= 0.6 is 0 Å². The molecular formula is C12H17NO. The van der Waals surface area contributed by atoms with Crippen molar-refractivity contribution in [1.29, 1.82) is 0 Å². The normalized spacial score (nSPS) is 61.4. The van der Waals surface area contributed by atoms with Crippen LogP contribution in [0.25, 0.3) is 0 Å². The van der Waals surface area contributed by atoms with Crippen molar-refractivity contribution in [1.82, 2.24) is 5.32 Å². The van der Waals surface area contributed by atoms with Gasteiger partial charge in [0, 0.05) is 12.5 Å². The zero-order chi connectivity index (χ0) is 9.55. The molecular weight excluding hydrogens is 174 g/mol. The predicted octanol–water partition coefficient (Wildman–Crippen LogP) is 1.70. The summed E-state index contributed by atoms with van der Waals surface area (Å²) >= 11 is 0. The molecule has 2 unspecified atom stereocenters. The zero-order valence-electron chi connectivity index (χ0n) is 8.68. The number of hydrogen-bond donors (Lipinski definition) is 1. The van der Waals surface area contributed by atoms with Gasteiger partial charge in [-0.2, -0.15) is 0 Å². The molecule has 0 aromatic heterocycles. The molecule has 0 aromatic carbocycles. The van der Waals surface area contributed by atoms with E-state index in [2.05, 4.69) is 5.32 Å². The SMILES string of the molecule is CC(=O)NC12CC3CC4CC(C1)C43C2. The summed E-state index contributed by atoms with van der Waals surface area (Å²) in [5.74, 6) is 3.19. The van der Waals surface area contributed by atoms with Crippen LogP contribution in [-0.2, 0) is 4.79 Å². The number of carbonyl (C=O) groups is 1. The van der Waals surface area contributed by atoms with Gasteiger partial charge in [-0.25, -0.2) is 0 Å². The Labute approximate surface area is 84.4 Å².